The van der Waals surface area contributed by atoms with Gasteiger partial charge in [-0.3, -0.25) is 4.79 Å². The monoisotopic (exact) mass is 213 g/mol. The summed E-state index contributed by atoms with van der Waals surface area (Å²) >= 11 is 0. The summed E-state index contributed by atoms with van der Waals surface area (Å²) in [7, 11) is 0. The normalized spacial score (nSPS) is 21.3. The van der Waals surface area contributed by atoms with E-state index in [0.717, 1.165) is 6.42 Å². The Morgan fingerprint density at radius 2 is 1.93 bits per heavy atom. The Labute approximate surface area is 92.0 Å². The summed E-state index contributed by atoms with van der Waals surface area (Å²) in [5, 5.41) is 9.06. The van der Waals surface area contributed by atoms with E-state index in [1.807, 2.05) is 0 Å². The van der Waals surface area contributed by atoms with E-state index in [1.165, 1.54) is 32.1 Å². The maximum atomic E-state index is 11.0. The third-order valence-electron chi connectivity index (χ3n) is 3.79. The molecule has 88 valence electrons. The van der Waals surface area contributed by atoms with Gasteiger partial charge in [0.1, 0.15) is 0 Å². The van der Waals surface area contributed by atoms with Gasteiger partial charge in [-0.2, -0.15) is 0 Å². The Morgan fingerprint density at radius 1 is 1.40 bits per heavy atom. The topological polar surface area (TPSA) is 63.3 Å². The van der Waals surface area contributed by atoms with E-state index in [-0.39, 0.29) is 6.04 Å². The van der Waals surface area contributed by atoms with Crippen molar-refractivity contribution in [3.05, 3.63) is 0 Å². The molecule has 0 aromatic heterocycles. The zero-order chi connectivity index (χ0) is 11.5. The van der Waals surface area contributed by atoms with E-state index in [0.29, 0.717) is 5.92 Å². The van der Waals surface area contributed by atoms with Crippen LogP contribution >= 0.6 is 0 Å². The average Bonchev–Trinajstić information content (AvgIpc) is 2.18. The molecule has 0 amide bonds. The molecular weight excluding hydrogens is 190 g/mol. The number of carboxylic acids is 1. The predicted octanol–water partition coefficient (Wildman–Crippen LogP) is 2.39. The molecular formula is C12H23NO2. The van der Waals surface area contributed by atoms with Crippen LogP contribution in [0.2, 0.25) is 0 Å². The maximum Gasteiger partial charge on any atom is 0.310 e. The van der Waals surface area contributed by atoms with Gasteiger partial charge in [-0.05, 0) is 26.2 Å². The number of aliphatic carboxylic acids is 1. The summed E-state index contributed by atoms with van der Waals surface area (Å²) in [4.78, 5) is 11.0. The first-order chi connectivity index (χ1) is 6.94. The van der Waals surface area contributed by atoms with Crippen molar-refractivity contribution in [1.29, 1.82) is 0 Å². The highest BCUT2D eigenvalue weighted by molar-refractivity contribution is 5.74. The molecule has 0 aromatic rings. The summed E-state index contributed by atoms with van der Waals surface area (Å²) in [6, 6.07) is -0.224. The number of carbonyl (C=O) groups is 1. The molecule has 1 unspecified atom stereocenters. The molecule has 1 atom stereocenters. The lowest BCUT2D eigenvalue weighted by Crippen LogP contribution is -2.44. The molecule has 3 heteroatoms. The number of rotatable bonds is 4. The van der Waals surface area contributed by atoms with Crippen molar-refractivity contribution in [3.63, 3.8) is 0 Å². The summed E-state index contributed by atoms with van der Waals surface area (Å²) < 4.78 is 0. The molecule has 0 aliphatic heterocycles. The van der Waals surface area contributed by atoms with Crippen LogP contribution in [0, 0.1) is 11.3 Å². The summed E-state index contributed by atoms with van der Waals surface area (Å²) in [6.07, 6.45) is 7.20. The molecule has 1 saturated carbocycles. The van der Waals surface area contributed by atoms with Crippen LogP contribution in [0.15, 0.2) is 0 Å². The van der Waals surface area contributed by atoms with Crippen LogP contribution in [0.25, 0.3) is 0 Å². The first kappa shape index (κ1) is 12.5. The molecule has 0 aromatic carbocycles. The van der Waals surface area contributed by atoms with Crippen molar-refractivity contribution in [3.8, 4) is 0 Å². The van der Waals surface area contributed by atoms with E-state index in [9.17, 15) is 4.79 Å². The number of hydrogen-bond donors (Lipinski definition) is 2. The Kier molecular flexibility index (Phi) is 4.14. The number of carboxylic acid groups (broad SMARTS) is 1. The molecule has 0 radical (unpaired) electrons. The van der Waals surface area contributed by atoms with Gasteiger partial charge in [0.05, 0.1) is 5.41 Å². The van der Waals surface area contributed by atoms with Crippen LogP contribution in [0.1, 0.15) is 52.4 Å². The lowest BCUT2D eigenvalue weighted by Gasteiger charge is -2.31. The van der Waals surface area contributed by atoms with Crippen LogP contribution in [-0.4, -0.2) is 17.1 Å². The Hall–Kier alpha value is -0.570. The number of nitrogens with two attached hydrogens (primary N) is 1. The Balaban J connectivity index is 2.46. The summed E-state index contributed by atoms with van der Waals surface area (Å²) in [5.41, 5.74) is 5.21. The minimum absolute atomic E-state index is 0.224. The van der Waals surface area contributed by atoms with Crippen LogP contribution in [0.5, 0.6) is 0 Å². The van der Waals surface area contributed by atoms with Crippen molar-refractivity contribution >= 4 is 5.97 Å². The van der Waals surface area contributed by atoms with Gasteiger partial charge in [-0.1, -0.05) is 32.1 Å². The van der Waals surface area contributed by atoms with Gasteiger partial charge in [-0.15, -0.1) is 0 Å². The summed E-state index contributed by atoms with van der Waals surface area (Å²) in [6.45, 7) is 3.45. The second kappa shape index (κ2) is 4.97. The Morgan fingerprint density at radius 3 is 2.40 bits per heavy atom. The fourth-order valence-corrected chi connectivity index (χ4v) is 2.24. The van der Waals surface area contributed by atoms with Crippen LogP contribution in [0.4, 0.5) is 0 Å². The lowest BCUT2D eigenvalue weighted by molar-refractivity contribution is -0.148. The molecule has 15 heavy (non-hydrogen) atoms. The molecule has 1 aliphatic rings. The second-order valence-corrected chi connectivity index (χ2v) is 5.37. The van der Waals surface area contributed by atoms with Crippen molar-refractivity contribution in [2.75, 3.05) is 0 Å². The van der Waals surface area contributed by atoms with E-state index in [2.05, 4.69) is 0 Å². The largest absolute Gasteiger partial charge is 0.481 e. The zero-order valence-electron chi connectivity index (χ0n) is 9.83. The fourth-order valence-electron chi connectivity index (χ4n) is 2.24. The van der Waals surface area contributed by atoms with Crippen LogP contribution in [-0.2, 0) is 4.79 Å². The first-order valence-electron chi connectivity index (χ1n) is 5.93. The molecule has 3 nitrogen and oxygen atoms in total. The van der Waals surface area contributed by atoms with Crippen molar-refractivity contribution in [2.45, 2.75) is 58.4 Å². The van der Waals surface area contributed by atoms with E-state index in [4.69, 9.17) is 10.8 Å². The van der Waals surface area contributed by atoms with E-state index < -0.39 is 11.4 Å². The van der Waals surface area contributed by atoms with Crippen LogP contribution < -0.4 is 5.73 Å². The SMILES string of the molecule is CC(C)(C(=O)O)C(N)CC1CCCCC1. The molecule has 0 bridgehead atoms. The van der Waals surface area contributed by atoms with Gasteiger partial charge >= 0.3 is 5.97 Å². The van der Waals surface area contributed by atoms with Gasteiger partial charge < -0.3 is 10.8 Å². The molecule has 1 rings (SSSR count). The quantitative estimate of drug-likeness (QED) is 0.753. The smallest absolute Gasteiger partial charge is 0.310 e. The fraction of sp³-hybridized carbons (Fsp3) is 0.917. The minimum atomic E-state index is -0.794. The highest BCUT2D eigenvalue weighted by atomic mass is 16.4. The third kappa shape index (κ3) is 3.20. The average molecular weight is 213 g/mol. The van der Waals surface area contributed by atoms with E-state index >= 15 is 0 Å². The standard InChI is InChI=1S/C12H23NO2/c1-12(2,11(14)15)10(13)8-9-6-4-3-5-7-9/h9-10H,3-8,13H2,1-2H3,(H,14,15). The highest BCUT2D eigenvalue weighted by Gasteiger charge is 2.35. The number of hydrogen-bond acceptors (Lipinski definition) is 2. The van der Waals surface area contributed by atoms with E-state index in [1.54, 1.807) is 13.8 Å². The molecule has 0 heterocycles. The maximum absolute atomic E-state index is 11.0. The van der Waals surface area contributed by atoms with Crippen molar-refractivity contribution in [2.24, 2.45) is 17.1 Å². The lowest BCUT2D eigenvalue weighted by atomic mass is 9.76. The first-order valence-corrected chi connectivity index (χ1v) is 5.93. The van der Waals surface area contributed by atoms with Gasteiger partial charge in [0.2, 0.25) is 0 Å². The van der Waals surface area contributed by atoms with Gasteiger partial charge in [0.15, 0.2) is 0 Å². The molecule has 0 saturated heterocycles. The molecule has 0 spiro atoms. The van der Waals surface area contributed by atoms with Gasteiger partial charge in [0.25, 0.3) is 0 Å². The Bertz CT molecular complexity index is 220. The van der Waals surface area contributed by atoms with Crippen molar-refractivity contribution < 1.29 is 9.90 Å². The van der Waals surface area contributed by atoms with Gasteiger partial charge in [0, 0.05) is 6.04 Å². The second-order valence-electron chi connectivity index (χ2n) is 5.37. The minimum Gasteiger partial charge on any atom is -0.481 e. The predicted molar refractivity (Wildman–Crippen MR) is 60.6 cm³/mol. The molecule has 1 aliphatic carbocycles. The zero-order valence-corrected chi connectivity index (χ0v) is 9.83. The van der Waals surface area contributed by atoms with Gasteiger partial charge in [-0.25, -0.2) is 0 Å². The molecule has 3 N–H and O–H groups in total. The highest BCUT2D eigenvalue weighted by Crippen LogP contribution is 2.31. The summed E-state index contributed by atoms with van der Waals surface area (Å²) in [5.74, 6) is -0.141. The third-order valence-corrected chi connectivity index (χ3v) is 3.79. The van der Waals surface area contributed by atoms with Crippen molar-refractivity contribution in [1.82, 2.24) is 0 Å². The molecule has 1 fully saturated rings. The van der Waals surface area contributed by atoms with Crippen LogP contribution in [0.3, 0.4) is 0 Å².